The number of nitrogens with one attached hydrogen (secondary N) is 1. The molecule has 0 saturated carbocycles. The molecule has 1 aliphatic heterocycles. The number of nitrogens with zero attached hydrogens (tertiary/aromatic N) is 1. The van der Waals surface area contributed by atoms with E-state index in [0.717, 1.165) is 37.2 Å². The van der Waals surface area contributed by atoms with E-state index in [4.69, 9.17) is 23.2 Å². The number of aliphatic hydroxyl groups is 1. The lowest BCUT2D eigenvalue weighted by molar-refractivity contribution is -0.0208. The molecule has 3 unspecified atom stereocenters. The number of anilines is 1. The van der Waals surface area contributed by atoms with Crippen LogP contribution >= 0.6 is 23.2 Å². The fourth-order valence-corrected chi connectivity index (χ4v) is 5.35. The van der Waals surface area contributed by atoms with E-state index in [0.29, 0.717) is 22.0 Å². The standard InChI is InChI=1S/C29H32Cl2N2O2/c1-2-26(34)33-17-15-21(16-18-33)28(32-23-13-14-24(30)25(31)19-23)27(20-9-5-3-6-10-20)29(35)22-11-7-4-8-12-22/h3-14,19,21,26-28,32,34H,2,15-18H2,1H3. The summed E-state index contributed by atoms with van der Waals surface area (Å²) in [6.45, 7) is 3.58. The molecule has 0 amide bonds. The molecule has 35 heavy (non-hydrogen) atoms. The second-order valence-corrected chi connectivity index (χ2v) is 9.99. The van der Waals surface area contributed by atoms with Gasteiger partial charge in [-0.25, -0.2) is 0 Å². The Kier molecular flexibility index (Phi) is 8.85. The van der Waals surface area contributed by atoms with E-state index >= 15 is 0 Å². The predicted molar refractivity (Wildman–Crippen MR) is 144 cm³/mol. The highest BCUT2D eigenvalue weighted by atomic mass is 35.5. The molecule has 6 heteroatoms. The highest BCUT2D eigenvalue weighted by Gasteiger charge is 2.38. The van der Waals surface area contributed by atoms with Gasteiger partial charge in [0.1, 0.15) is 6.23 Å². The molecule has 0 radical (unpaired) electrons. The van der Waals surface area contributed by atoms with Crippen molar-refractivity contribution in [1.82, 2.24) is 4.90 Å². The van der Waals surface area contributed by atoms with Gasteiger partial charge in [0.15, 0.2) is 5.78 Å². The third-order valence-corrected chi connectivity index (χ3v) is 7.72. The molecule has 3 aromatic rings. The van der Waals surface area contributed by atoms with Gasteiger partial charge in [0.2, 0.25) is 0 Å². The van der Waals surface area contributed by atoms with Crippen LogP contribution in [0.3, 0.4) is 0 Å². The summed E-state index contributed by atoms with van der Waals surface area (Å²) in [5.41, 5.74) is 2.51. The monoisotopic (exact) mass is 510 g/mol. The van der Waals surface area contributed by atoms with Crippen molar-refractivity contribution in [2.24, 2.45) is 5.92 Å². The topological polar surface area (TPSA) is 52.6 Å². The number of hydrogen-bond donors (Lipinski definition) is 2. The van der Waals surface area contributed by atoms with Crippen LogP contribution in [-0.2, 0) is 0 Å². The lowest BCUT2D eigenvalue weighted by Gasteiger charge is -2.41. The first-order valence-corrected chi connectivity index (χ1v) is 13.0. The molecule has 2 N–H and O–H groups in total. The van der Waals surface area contributed by atoms with Crippen LogP contribution in [0.1, 0.15) is 48.0 Å². The number of ketones is 1. The SMILES string of the molecule is CCC(O)N1CCC(C(Nc2ccc(Cl)c(Cl)c2)C(C(=O)c2ccccc2)c2ccccc2)CC1. The molecule has 184 valence electrons. The normalized spacial score (nSPS) is 17.5. The lowest BCUT2D eigenvalue weighted by Crippen LogP contribution is -2.47. The first-order chi connectivity index (χ1) is 17.0. The summed E-state index contributed by atoms with van der Waals surface area (Å²) in [5, 5.41) is 15.0. The maximum atomic E-state index is 14.0. The van der Waals surface area contributed by atoms with Crippen molar-refractivity contribution >= 4 is 34.7 Å². The summed E-state index contributed by atoms with van der Waals surface area (Å²) in [5.74, 6) is -0.0753. The van der Waals surface area contributed by atoms with Crippen LogP contribution < -0.4 is 5.32 Å². The molecular formula is C29H32Cl2N2O2. The third kappa shape index (κ3) is 6.25. The predicted octanol–water partition coefficient (Wildman–Crippen LogP) is 6.88. The third-order valence-electron chi connectivity index (χ3n) is 6.98. The van der Waals surface area contributed by atoms with Crippen LogP contribution in [0.2, 0.25) is 10.0 Å². The molecule has 0 spiro atoms. The number of benzene rings is 3. The average Bonchev–Trinajstić information content (AvgIpc) is 2.91. The Bertz CT molecular complexity index is 1100. The van der Waals surface area contributed by atoms with Crippen LogP contribution in [-0.4, -0.2) is 41.1 Å². The van der Waals surface area contributed by atoms with Gasteiger partial charge in [0, 0.05) is 30.4 Å². The van der Waals surface area contributed by atoms with Crippen molar-refractivity contribution in [1.29, 1.82) is 0 Å². The van der Waals surface area contributed by atoms with E-state index in [1.165, 1.54) is 0 Å². The molecular weight excluding hydrogens is 479 g/mol. The minimum Gasteiger partial charge on any atom is -0.381 e. The van der Waals surface area contributed by atoms with E-state index in [1.807, 2.05) is 79.7 Å². The van der Waals surface area contributed by atoms with Crippen LogP contribution in [0.5, 0.6) is 0 Å². The summed E-state index contributed by atoms with van der Waals surface area (Å²) >= 11 is 12.5. The second-order valence-electron chi connectivity index (χ2n) is 9.18. The van der Waals surface area contributed by atoms with E-state index in [2.05, 4.69) is 10.2 Å². The molecule has 1 saturated heterocycles. The summed E-state index contributed by atoms with van der Waals surface area (Å²) < 4.78 is 0. The highest BCUT2D eigenvalue weighted by Crippen LogP contribution is 2.36. The first-order valence-electron chi connectivity index (χ1n) is 12.3. The number of rotatable bonds is 9. The summed E-state index contributed by atoms with van der Waals surface area (Å²) in [4.78, 5) is 16.2. The zero-order chi connectivity index (χ0) is 24.8. The molecule has 1 heterocycles. The molecule has 3 atom stereocenters. The van der Waals surface area contributed by atoms with Gasteiger partial charge in [0.25, 0.3) is 0 Å². The smallest absolute Gasteiger partial charge is 0.172 e. The zero-order valence-electron chi connectivity index (χ0n) is 19.9. The molecule has 0 bridgehead atoms. The van der Waals surface area contributed by atoms with Crippen LogP contribution in [0.25, 0.3) is 0 Å². The average molecular weight is 511 g/mol. The Morgan fingerprint density at radius 1 is 0.971 bits per heavy atom. The van der Waals surface area contributed by atoms with E-state index < -0.39 is 6.23 Å². The second kappa shape index (κ2) is 12.0. The Morgan fingerprint density at radius 3 is 2.20 bits per heavy atom. The fraction of sp³-hybridized carbons (Fsp3) is 0.345. The Hall–Kier alpha value is -2.37. The summed E-state index contributed by atoms with van der Waals surface area (Å²) in [6.07, 6.45) is 2.03. The van der Waals surface area contributed by atoms with Gasteiger partial charge in [-0.2, -0.15) is 0 Å². The van der Waals surface area contributed by atoms with Crippen LogP contribution in [0, 0.1) is 5.92 Å². The van der Waals surface area contributed by atoms with Crippen molar-refractivity contribution in [3.8, 4) is 0 Å². The highest BCUT2D eigenvalue weighted by molar-refractivity contribution is 6.42. The molecule has 3 aromatic carbocycles. The van der Waals surface area contributed by atoms with Crippen LogP contribution in [0.4, 0.5) is 5.69 Å². The summed E-state index contributed by atoms with van der Waals surface area (Å²) in [6, 6.07) is 24.8. The Morgan fingerprint density at radius 2 is 1.60 bits per heavy atom. The van der Waals surface area contributed by atoms with E-state index in [-0.39, 0.29) is 23.7 Å². The maximum Gasteiger partial charge on any atom is 0.172 e. The van der Waals surface area contributed by atoms with Gasteiger partial charge in [-0.1, -0.05) is 90.8 Å². The van der Waals surface area contributed by atoms with Crippen molar-refractivity contribution in [3.05, 3.63) is 100 Å². The molecule has 0 aromatic heterocycles. The quantitative estimate of drug-likeness (QED) is 0.308. The van der Waals surface area contributed by atoms with Crippen molar-refractivity contribution in [3.63, 3.8) is 0 Å². The molecule has 4 nitrogen and oxygen atoms in total. The number of piperidine rings is 1. The van der Waals surface area contributed by atoms with Crippen LogP contribution in [0.15, 0.2) is 78.9 Å². The molecule has 4 rings (SSSR count). The number of aliphatic hydroxyl groups excluding tert-OH is 1. The van der Waals surface area contributed by atoms with E-state index in [1.54, 1.807) is 6.07 Å². The van der Waals surface area contributed by atoms with Gasteiger partial charge in [-0.15, -0.1) is 0 Å². The first kappa shape index (κ1) is 25.7. The number of carbonyl (C=O) groups is 1. The molecule has 0 aliphatic carbocycles. The van der Waals surface area contributed by atoms with Crippen molar-refractivity contribution in [2.45, 2.75) is 44.4 Å². The minimum absolute atomic E-state index is 0.0883. The van der Waals surface area contributed by atoms with Gasteiger partial charge in [-0.3, -0.25) is 9.69 Å². The minimum atomic E-state index is -0.423. The lowest BCUT2D eigenvalue weighted by atomic mass is 9.75. The number of carbonyl (C=O) groups excluding carboxylic acids is 1. The van der Waals surface area contributed by atoms with Gasteiger partial charge in [0.05, 0.1) is 16.0 Å². The Labute approximate surface area is 217 Å². The van der Waals surface area contributed by atoms with E-state index in [9.17, 15) is 9.90 Å². The number of likely N-dealkylation sites (tertiary alicyclic amines) is 1. The Balaban J connectivity index is 1.72. The van der Waals surface area contributed by atoms with Gasteiger partial charge in [-0.05, 0) is 48.9 Å². The number of halogens is 2. The van der Waals surface area contributed by atoms with Crippen molar-refractivity contribution in [2.75, 3.05) is 18.4 Å². The number of hydrogen-bond acceptors (Lipinski definition) is 4. The maximum absolute atomic E-state index is 14.0. The molecule has 1 aliphatic rings. The number of Topliss-reactive ketones (excluding diaryl/α,β-unsaturated/α-hetero) is 1. The summed E-state index contributed by atoms with van der Waals surface area (Å²) in [7, 11) is 0. The largest absolute Gasteiger partial charge is 0.381 e. The van der Waals surface area contributed by atoms with Crippen molar-refractivity contribution < 1.29 is 9.90 Å². The van der Waals surface area contributed by atoms with Gasteiger partial charge >= 0.3 is 0 Å². The van der Waals surface area contributed by atoms with Gasteiger partial charge < -0.3 is 10.4 Å². The fourth-order valence-electron chi connectivity index (χ4n) is 5.05. The zero-order valence-corrected chi connectivity index (χ0v) is 21.4. The molecule has 1 fully saturated rings.